The Balaban J connectivity index is 1.37. The van der Waals surface area contributed by atoms with Crippen molar-refractivity contribution in [1.82, 2.24) is 37.8 Å². The number of fused-ring (bicyclic) bond motifs is 2. The molecule has 0 atom stereocenters. The largest absolute Gasteiger partial charge is 0.487 e. The molecule has 0 aliphatic heterocycles. The number of nitrogens with two attached hydrogens (primary N) is 1. The second-order valence-corrected chi connectivity index (χ2v) is 14.9. The summed E-state index contributed by atoms with van der Waals surface area (Å²) in [5, 5.41) is 8.90. The molecule has 60 heavy (non-hydrogen) atoms. The maximum atomic E-state index is 14.1. The molecule has 0 unspecified atom stereocenters. The van der Waals surface area contributed by atoms with Crippen LogP contribution in [0.5, 0.6) is 5.75 Å². The molecule has 16 heteroatoms. The highest BCUT2D eigenvalue weighted by Crippen LogP contribution is 2.27. The number of hydrogen-bond donors (Lipinski definition) is 1. The number of halogens is 1. The zero-order valence-electron chi connectivity index (χ0n) is 35.0. The SMILES string of the molecule is CCn1nc(C)cc1C(=O)/N=c1\n(C)c2cc(C(N)=O)ccc2n1C/C(C)=C(\C)Cn1/c(=N/C(=O)c2cc(C)nn2CC)n(C)c2cccc(OCc3cccc(F)c3)c21. The van der Waals surface area contributed by atoms with Crippen molar-refractivity contribution in [3.8, 4) is 5.75 Å². The number of imidazole rings is 2. The summed E-state index contributed by atoms with van der Waals surface area (Å²) < 4.78 is 31.3. The van der Waals surface area contributed by atoms with Crippen LogP contribution >= 0.6 is 0 Å². The maximum Gasteiger partial charge on any atom is 0.298 e. The Kier molecular flexibility index (Phi) is 11.4. The molecule has 0 bridgehead atoms. The topological polar surface area (TPSA) is 167 Å². The molecule has 0 aliphatic carbocycles. The van der Waals surface area contributed by atoms with Crippen molar-refractivity contribution < 1.29 is 23.5 Å². The van der Waals surface area contributed by atoms with Crippen LogP contribution in [0.4, 0.5) is 4.39 Å². The van der Waals surface area contributed by atoms with Crippen molar-refractivity contribution in [2.75, 3.05) is 0 Å². The van der Waals surface area contributed by atoms with Gasteiger partial charge in [-0.25, -0.2) is 4.39 Å². The van der Waals surface area contributed by atoms with E-state index in [2.05, 4.69) is 15.2 Å². The van der Waals surface area contributed by atoms with Crippen molar-refractivity contribution >= 4 is 39.8 Å². The number of allylic oxidation sites excluding steroid dienone is 2. The van der Waals surface area contributed by atoms with Gasteiger partial charge in [-0.15, -0.1) is 0 Å². The fourth-order valence-electron chi connectivity index (χ4n) is 7.45. The highest BCUT2D eigenvalue weighted by Gasteiger charge is 2.21. The van der Waals surface area contributed by atoms with Gasteiger partial charge in [-0.1, -0.05) is 29.3 Å². The molecule has 0 saturated heterocycles. The molecular weight excluding hydrogens is 766 g/mol. The molecule has 7 rings (SSSR count). The van der Waals surface area contributed by atoms with E-state index in [1.54, 1.807) is 63.4 Å². The third kappa shape index (κ3) is 7.87. The Morgan fingerprint density at radius 2 is 1.28 bits per heavy atom. The molecule has 7 aromatic rings. The zero-order chi connectivity index (χ0) is 43.0. The highest BCUT2D eigenvalue weighted by molar-refractivity contribution is 5.97. The van der Waals surface area contributed by atoms with Crippen LogP contribution in [-0.2, 0) is 46.9 Å². The molecule has 2 N–H and O–H groups in total. The lowest BCUT2D eigenvalue weighted by atomic mass is 10.1. The summed E-state index contributed by atoms with van der Waals surface area (Å²) in [5.41, 5.74) is 14.2. The van der Waals surface area contributed by atoms with Gasteiger partial charge in [0.15, 0.2) is 0 Å². The number of nitrogens with zero attached hydrogens (tertiary/aromatic N) is 10. The van der Waals surface area contributed by atoms with Gasteiger partial charge in [0.25, 0.3) is 11.8 Å². The van der Waals surface area contributed by atoms with E-state index in [0.29, 0.717) is 88.1 Å². The van der Waals surface area contributed by atoms with Gasteiger partial charge in [0.2, 0.25) is 17.1 Å². The maximum absolute atomic E-state index is 14.1. The second kappa shape index (κ2) is 16.6. The quantitative estimate of drug-likeness (QED) is 0.156. The number of carbonyl (C=O) groups excluding carboxylic acids is 3. The molecule has 310 valence electrons. The standard InChI is InChI=1S/C44H48FN11O4/c1-9-55-36(19-28(5)49-55)41(58)47-43-52(8)35-22-31(40(46)57)17-18-33(35)53(43)23-26(3)27(4)24-54-39-34(15-12-16-38(39)60-25-30-13-11-14-32(45)21-30)51(7)44(54)48-42(59)37-20-29(6)50-56(37)10-2/h11-22H,9-10,23-25H2,1-8H3,(H2,46,57)/b27-26+,47-43+,48-44+. The summed E-state index contributed by atoms with van der Waals surface area (Å²) in [7, 11) is 3.64. The van der Waals surface area contributed by atoms with Crippen LogP contribution in [0.25, 0.3) is 22.1 Å². The second-order valence-electron chi connectivity index (χ2n) is 14.9. The van der Waals surface area contributed by atoms with Crippen molar-refractivity contribution in [2.24, 2.45) is 29.8 Å². The third-order valence-corrected chi connectivity index (χ3v) is 10.7. The van der Waals surface area contributed by atoms with E-state index in [-0.39, 0.29) is 12.4 Å². The van der Waals surface area contributed by atoms with Gasteiger partial charge in [0.05, 0.1) is 27.9 Å². The predicted molar refractivity (Wildman–Crippen MR) is 225 cm³/mol. The lowest BCUT2D eigenvalue weighted by Crippen LogP contribution is -2.28. The van der Waals surface area contributed by atoms with Crippen LogP contribution in [0.2, 0.25) is 0 Å². The number of amides is 3. The van der Waals surface area contributed by atoms with Crippen LogP contribution in [0, 0.1) is 19.7 Å². The smallest absolute Gasteiger partial charge is 0.298 e. The summed E-state index contributed by atoms with van der Waals surface area (Å²) in [5.74, 6) is -1.32. The lowest BCUT2D eigenvalue weighted by Gasteiger charge is -2.14. The number of aromatic nitrogens is 8. The van der Waals surface area contributed by atoms with Crippen molar-refractivity contribution in [1.29, 1.82) is 0 Å². The normalized spacial score (nSPS) is 12.8. The van der Waals surface area contributed by atoms with Gasteiger partial charge in [0, 0.05) is 45.8 Å². The van der Waals surface area contributed by atoms with Crippen molar-refractivity contribution in [3.05, 3.63) is 135 Å². The minimum Gasteiger partial charge on any atom is -0.487 e. The Morgan fingerprint density at radius 1 is 0.717 bits per heavy atom. The van der Waals surface area contributed by atoms with E-state index in [9.17, 15) is 18.8 Å². The molecule has 4 heterocycles. The van der Waals surface area contributed by atoms with Gasteiger partial charge >= 0.3 is 0 Å². The molecule has 0 aliphatic rings. The number of hydrogen-bond acceptors (Lipinski definition) is 6. The van der Waals surface area contributed by atoms with E-state index < -0.39 is 17.7 Å². The number of carbonyl (C=O) groups is 3. The summed E-state index contributed by atoms with van der Waals surface area (Å²) >= 11 is 0. The van der Waals surface area contributed by atoms with Gasteiger partial charge < -0.3 is 28.7 Å². The highest BCUT2D eigenvalue weighted by atomic mass is 19.1. The molecule has 0 radical (unpaired) electrons. The van der Waals surface area contributed by atoms with Crippen molar-refractivity contribution in [3.63, 3.8) is 0 Å². The number of benzene rings is 3. The van der Waals surface area contributed by atoms with Crippen LogP contribution in [0.3, 0.4) is 0 Å². The third-order valence-electron chi connectivity index (χ3n) is 10.7. The Bertz CT molecular complexity index is 3020. The summed E-state index contributed by atoms with van der Waals surface area (Å²) in [6.45, 7) is 13.2. The first-order chi connectivity index (χ1) is 28.7. The van der Waals surface area contributed by atoms with Crippen LogP contribution in [0.15, 0.2) is 93.9 Å². The number of para-hydroxylation sites is 1. The van der Waals surface area contributed by atoms with Gasteiger partial charge in [-0.2, -0.15) is 20.2 Å². The number of aryl methyl sites for hydroxylation is 6. The number of rotatable bonds is 12. The molecule has 15 nitrogen and oxygen atoms in total. The monoisotopic (exact) mass is 813 g/mol. The number of primary amides is 1. The van der Waals surface area contributed by atoms with Crippen LogP contribution in [-0.4, -0.2) is 55.6 Å². The van der Waals surface area contributed by atoms with E-state index in [0.717, 1.165) is 22.2 Å². The minimum absolute atomic E-state index is 0.110. The Hall–Kier alpha value is -7.10. The minimum atomic E-state index is -0.575. The average Bonchev–Trinajstić information content (AvgIpc) is 3.95. The van der Waals surface area contributed by atoms with E-state index in [4.69, 9.17) is 15.5 Å². The summed E-state index contributed by atoms with van der Waals surface area (Å²) in [4.78, 5) is 49.3. The van der Waals surface area contributed by atoms with E-state index >= 15 is 0 Å². The molecule has 3 aromatic carbocycles. The van der Waals surface area contributed by atoms with Gasteiger partial charge in [0.1, 0.15) is 35.1 Å². The lowest BCUT2D eigenvalue weighted by molar-refractivity contribution is 0.0977. The van der Waals surface area contributed by atoms with Crippen LogP contribution in [0.1, 0.15) is 76.0 Å². The van der Waals surface area contributed by atoms with Crippen LogP contribution < -0.4 is 21.7 Å². The number of ether oxygens (including phenoxy) is 1. The first-order valence-corrected chi connectivity index (χ1v) is 19.7. The van der Waals surface area contributed by atoms with Crippen molar-refractivity contribution in [2.45, 2.75) is 74.3 Å². The van der Waals surface area contributed by atoms with E-state index in [1.165, 1.54) is 12.1 Å². The van der Waals surface area contributed by atoms with Gasteiger partial charge in [-0.3, -0.25) is 23.7 Å². The first-order valence-electron chi connectivity index (χ1n) is 19.7. The van der Waals surface area contributed by atoms with Gasteiger partial charge in [-0.05, 0) is 102 Å². The molecule has 0 spiro atoms. The predicted octanol–water partition coefficient (Wildman–Crippen LogP) is 5.66. The fourth-order valence-corrected chi connectivity index (χ4v) is 7.45. The Morgan fingerprint density at radius 3 is 1.87 bits per heavy atom. The first kappa shape index (κ1) is 41.1. The fraction of sp³-hybridized carbons (Fsp3) is 0.295. The zero-order valence-corrected chi connectivity index (χ0v) is 35.0. The molecule has 0 fully saturated rings. The average molecular weight is 814 g/mol. The molecular formula is C44H48FN11O4. The molecule has 4 aromatic heterocycles. The van der Waals surface area contributed by atoms with E-state index in [1.807, 2.05) is 80.5 Å². The molecule has 3 amide bonds. The summed E-state index contributed by atoms with van der Waals surface area (Å²) in [6.07, 6.45) is 0. The Labute approximate surface area is 345 Å². The molecule has 0 saturated carbocycles. The summed E-state index contributed by atoms with van der Waals surface area (Å²) in [6, 6.07) is 20.5.